The second-order valence-corrected chi connectivity index (χ2v) is 7.95. The maximum absolute atomic E-state index is 13.0. The molecule has 0 N–H and O–H groups in total. The molecule has 5 rings (SSSR count). The highest BCUT2D eigenvalue weighted by Crippen LogP contribution is 2.39. The van der Waals surface area contributed by atoms with Gasteiger partial charge >= 0.3 is 5.97 Å². The number of carbonyl (C=O) groups is 2. The average Bonchev–Trinajstić information content (AvgIpc) is 3.59. The lowest BCUT2D eigenvalue weighted by Crippen LogP contribution is -2.49. The van der Waals surface area contributed by atoms with Crippen LogP contribution in [0.15, 0.2) is 47.1 Å². The molecule has 164 valence electrons. The lowest BCUT2D eigenvalue weighted by molar-refractivity contribution is 0.0589. The van der Waals surface area contributed by atoms with Gasteiger partial charge in [-0.25, -0.2) is 9.78 Å². The number of benzene rings is 1. The van der Waals surface area contributed by atoms with Crippen LogP contribution in [0.25, 0.3) is 11.4 Å². The number of amides is 1. The maximum atomic E-state index is 13.0. The standard InChI is InChI=1S/C23H23N5O4/c1-31-23(30)18-5-3-2-4-17(18)22(29)28-12-10-27(11-13-28)19-9-8-16(14-24-19)20-25-21(32-26-20)15-6-7-15/h2-5,8-9,14-15H,6-7,10-13H2,1H3. The summed E-state index contributed by atoms with van der Waals surface area (Å²) in [6, 6.07) is 10.6. The molecule has 0 radical (unpaired) electrons. The summed E-state index contributed by atoms with van der Waals surface area (Å²) in [5.41, 5.74) is 1.46. The Morgan fingerprint density at radius 1 is 1.03 bits per heavy atom. The van der Waals surface area contributed by atoms with Crippen molar-refractivity contribution in [2.24, 2.45) is 0 Å². The lowest BCUT2D eigenvalue weighted by atomic mass is 10.1. The Labute approximate surface area is 185 Å². The van der Waals surface area contributed by atoms with Crippen LogP contribution in [0.3, 0.4) is 0 Å². The van der Waals surface area contributed by atoms with E-state index >= 15 is 0 Å². The third-order valence-corrected chi connectivity index (χ3v) is 5.83. The summed E-state index contributed by atoms with van der Waals surface area (Å²) in [4.78, 5) is 37.9. The van der Waals surface area contributed by atoms with Crippen molar-refractivity contribution < 1.29 is 18.8 Å². The molecule has 1 amide bonds. The summed E-state index contributed by atoms with van der Waals surface area (Å²) in [5, 5.41) is 4.06. The fraction of sp³-hybridized carbons (Fsp3) is 0.348. The van der Waals surface area contributed by atoms with E-state index in [2.05, 4.69) is 20.0 Å². The number of methoxy groups -OCH3 is 1. The first-order valence-corrected chi connectivity index (χ1v) is 10.7. The van der Waals surface area contributed by atoms with Crippen molar-refractivity contribution in [1.82, 2.24) is 20.0 Å². The molecule has 9 heteroatoms. The summed E-state index contributed by atoms with van der Waals surface area (Å²) < 4.78 is 10.1. The monoisotopic (exact) mass is 433 g/mol. The minimum absolute atomic E-state index is 0.169. The lowest BCUT2D eigenvalue weighted by Gasteiger charge is -2.35. The molecule has 0 unspecified atom stereocenters. The number of carbonyl (C=O) groups excluding carboxylic acids is 2. The molecule has 1 aromatic carbocycles. The van der Waals surface area contributed by atoms with Gasteiger partial charge < -0.3 is 19.1 Å². The number of piperazine rings is 1. The number of hydrogen-bond donors (Lipinski definition) is 0. The van der Waals surface area contributed by atoms with E-state index in [-0.39, 0.29) is 11.5 Å². The van der Waals surface area contributed by atoms with Crippen LogP contribution in [0.1, 0.15) is 45.4 Å². The van der Waals surface area contributed by atoms with Crippen molar-refractivity contribution in [3.8, 4) is 11.4 Å². The van der Waals surface area contributed by atoms with Gasteiger partial charge in [-0.05, 0) is 37.1 Å². The number of anilines is 1. The van der Waals surface area contributed by atoms with E-state index in [0.29, 0.717) is 49.4 Å². The maximum Gasteiger partial charge on any atom is 0.338 e. The van der Waals surface area contributed by atoms with Crippen molar-refractivity contribution in [1.29, 1.82) is 0 Å². The molecule has 2 fully saturated rings. The number of ether oxygens (including phenoxy) is 1. The van der Waals surface area contributed by atoms with E-state index in [4.69, 9.17) is 9.26 Å². The molecule has 0 atom stereocenters. The van der Waals surface area contributed by atoms with Gasteiger partial charge in [-0.1, -0.05) is 17.3 Å². The summed E-state index contributed by atoms with van der Waals surface area (Å²) in [6.45, 7) is 2.36. The van der Waals surface area contributed by atoms with Crippen molar-refractivity contribution >= 4 is 17.7 Å². The third-order valence-electron chi connectivity index (χ3n) is 5.83. The molecule has 2 aliphatic rings. The van der Waals surface area contributed by atoms with Crippen LogP contribution in [0.4, 0.5) is 5.82 Å². The van der Waals surface area contributed by atoms with Gasteiger partial charge in [-0.2, -0.15) is 4.98 Å². The smallest absolute Gasteiger partial charge is 0.338 e. The van der Waals surface area contributed by atoms with Crippen molar-refractivity contribution in [3.63, 3.8) is 0 Å². The zero-order chi connectivity index (χ0) is 22.1. The van der Waals surface area contributed by atoms with Gasteiger partial charge in [0, 0.05) is 43.9 Å². The number of esters is 1. The molecule has 32 heavy (non-hydrogen) atoms. The molecule has 2 aromatic heterocycles. The fourth-order valence-corrected chi connectivity index (χ4v) is 3.82. The van der Waals surface area contributed by atoms with E-state index in [1.165, 1.54) is 7.11 Å². The zero-order valence-electron chi connectivity index (χ0n) is 17.7. The Morgan fingerprint density at radius 3 is 2.44 bits per heavy atom. The third kappa shape index (κ3) is 3.93. The average molecular weight is 433 g/mol. The topological polar surface area (TPSA) is 102 Å². The predicted molar refractivity (Wildman–Crippen MR) is 115 cm³/mol. The highest BCUT2D eigenvalue weighted by Gasteiger charge is 2.30. The Hall–Kier alpha value is -3.75. The highest BCUT2D eigenvalue weighted by molar-refractivity contribution is 6.05. The van der Waals surface area contributed by atoms with Gasteiger partial charge in [0.15, 0.2) is 0 Å². The van der Waals surface area contributed by atoms with E-state index in [9.17, 15) is 9.59 Å². The van der Waals surface area contributed by atoms with Crippen LogP contribution < -0.4 is 4.90 Å². The van der Waals surface area contributed by atoms with Crippen LogP contribution in [-0.4, -0.2) is 65.2 Å². The van der Waals surface area contributed by atoms with Gasteiger partial charge in [0.05, 0.1) is 18.2 Å². The summed E-state index contributed by atoms with van der Waals surface area (Å²) in [6.07, 6.45) is 3.98. The van der Waals surface area contributed by atoms with Gasteiger partial charge in [0.2, 0.25) is 11.7 Å². The first-order valence-electron chi connectivity index (χ1n) is 10.7. The van der Waals surface area contributed by atoms with Gasteiger partial charge in [-0.15, -0.1) is 0 Å². The largest absolute Gasteiger partial charge is 0.465 e. The number of hydrogen-bond acceptors (Lipinski definition) is 8. The molecule has 1 saturated heterocycles. The summed E-state index contributed by atoms with van der Waals surface area (Å²) >= 11 is 0. The molecule has 1 saturated carbocycles. The van der Waals surface area contributed by atoms with E-state index in [0.717, 1.165) is 24.2 Å². The van der Waals surface area contributed by atoms with Crippen molar-refractivity contribution in [2.45, 2.75) is 18.8 Å². The molecule has 9 nitrogen and oxygen atoms in total. The molecule has 3 aromatic rings. The number of rotatable bonds is 5. The Morgan fingerprint density at radius 2 is 1.78 bits per heavy atom. The van der Waals surface area contributed by atoms with Crippen LogP contribution in [-0.2, 0) is 4.74 Å². The van der Waals surface area contributed by atoms with Gasteiger partial charge in [0.25, 0.3) is 5.91 Å². The van der Waals surface area contributed by atoms with Gasteiger partial charge in [-0.3, -0.25) is 4.79 Å². The quantitative estimate of drug-likeness (QED) is 0.566. The van der Waals surface area contributed by atoms with E-state index in [1.54, 1.807) is 35.4 Å². The van der Waals surface area contributed by atoms with Crippen molar-refractivity contribution in [2.75, 3.05) is 38.2 Å². The normalized spacial score (nSPS) is 16.2. The molecule has 3 heterocycles. The molecule has 0 bridgehead atoms. The minimum Gasteiger partial charge on any atom is -0.465 e. The van der Waals surface area contributed by atoms with Crippen LogP contribution in [0.5, 0.6) is 0 Å². The van der Waals surface area contributed by atoms with Crippen LogP contribution in [0.2, 0.25) is 0 Å². The zero-order valence-corrected chi connectivity index (χ0v) is 17.7. The number of pyridine rings is 1. The SMILES string of the molecule is COC(=O)c1ccccc1C(=O)N1CCN(c2ccc(-c3noc(C4CC4)n3)cn2)CC1. The minimum atomic E-state index is -0.511. The highest BCUT2D eigenvalue weighted by atomic mass is 16.5. The molecule has 1 aliphatic heterocycles. The molecule has 1 aliphatic carbocycles. The predicted octanol–water partition coefficient (Wildman–Crippen LogP) is 2.76. The Balaban J connectivity index is 1.23. The van der Waals surface area contributed by atoms with Crippen molar-refractivity contribution in [3.05, 3.63) is 59.6 Å². The molecular formula is C23H23N5O4. The first kappa shape index (κ1) is 20.2. The first-order chi connectivity index (χ1) is 15.6. The summed E-state index contributed by atoms with van der Waals surface area (Å²) in [5.74, 6) is 1.84. The molecular weight excluding hydrogens is 410 g/mol. The second-order valence-electron chi connectivity index (χ2n) is 7.95. The van der Waals surface area contributed by atoms with Gasteiger partial charge in [0.1, 0.15) is 5.82 Å². The summed E-state index contributed by atoms with van der Waals surface area (Å²) in [7, 11) is 1.31. The second kappa shape index (κ2) is 8.41. The molecule has 0 spiro atoms. The number of aromatic nitrogens is 3. The van der Waals surface area contributed by atoms with Crippen LogP contribution in [0, 0.1) is 0 Å². The van der Waals surface area contributed by atoms with Crippen LogP contribution >= 0.6 is 0 Å². The Kier molecular flexibility index (Phi) is 5.30. The fourth-order valence-electron chi connectivity index (χ4n) is 3.82. The van der Waals surface area contributed by atoms with E-state index < -0.39 is 5.97 Å². The Bertz CT molecular complexity index is 1130. The van der Waals surface area contributed by atoms with E-state index in [1.807, 2.05) is 12.1 Å². The number of nitrogens with zero attached hydrogens (tertiary/aromatic N) is 5.